The van der Waals surface area contributed by atoms with E-state index in [2.05, 4.69) is 16.0 Å². The minimum Gasteiger partial charge on any atom is -0.339 e. The number of halogens is 4. The van der Waals surface area contributed by atoms with Crippen LogP contribution in [0.5, 0.6) is 0 Å². The van der Waals surface area contributed by atoms with Crippen molar-refractivity contribution in [3.05, 3.63) is 29.3 Å². The van der Waals surface area contributed by atoms with Gasteiger partial charge >= 0.3 is 0 Å². The van der Waals surface area contributed by atoms with Crippen molar-refractivity contribution in [2.45, 2.75) is 29.7 Å². The van der Waals surface area contributed by atoms with E-state index >= 15 is 0 Å². The van der Waals surface area contributed by atoms with Crippen molar-refractivity contribution in [2.75, 3.05) is 5.32 Å². The molecule has 0 saturated heterocycles. The third-order valence-corrected chi connectivity index (χ3v) is 3.58. The zero-order valence-electron chi connectivity index (χ0n) is 11.6. The van der Waals surface area contributed by atoms with Gasteiger partial charge in [-0.3, -0.25) is 4.79 Å². The van der Waals surface area contributed by atoms with Crippen LogP contribution < -0.4 is 16.0 Å². The summed E-state index contributed by atoms with van der Waals surface area (Å²) in [5, 5.41) is 9.00. The number of anilines is 1. The lowest BCUT2D eigenvalue weighted by Crippen LogP contribution is -2.56. The van der Waals surface area contributed by atoms with E-state index in [1.165, 1.54) is 0 Å². The van der Waals surface area contributed by atoms with Crippen molar-refractivity contribution in [3.63, 3.8) is 0 Å². The maximum Gasteiger partial charge on any atom is 0.228 e. The van der Waals surface area contributed by atoms with Crippen LogP contribution in [0, 0.1) is 0 Å². The maximum atomic E-state index is 11.7. The fourth-order valence-electron chi connectivity index (χ4n) is 1.52. The molecule has 9 heteroatoms. The number of carbonyl (C=O) groups is 1. The summed E-state index contributed by atoms with van der Waals surface area (Å²) >= 11 is 28.6. The molecule has 0 radical (unpaired) electrons. The molecule has 4 nitrogen and oxygen atoms in total. The van der Waals surface area contributed by atoms with Gasteiger partial charge in [0.15, 0.2) is 5.11 Å². The lowest BCUT2D eigenvalue weighted by molar-refractivity contribution is -0.121. The molecule has 1 rings (SSSR count). The van der Waals surface area contributed by atoms with Crippen LogP contribution in [0.15, 0.2) is 24.3 Å². The summed E-state index contributed by atoms with van der Waals surface area (Å²) in [7, 11) is 0. The van der Waals surface area contributed by atoms with E-state index in [0.29, 0.717) is 23.6 Å². The minimum atomic E-state index is -1.76. The highest BCUT2D eigenvalue weighted by Crippen LogP contribution is 2.29. The van der Waals surface area contributed by atoms with Gasteiger partial charge in [0.1, 0.15) is 6.17 Å². The van der Waals surface area contributed by atoms with E-state index in [1.54, 1.807) is 24.3 Å². The number of benzene rings is 1. The smallest absolute Gasteiger partial charge is 0.228 e. The first-order chi connectivity index (χ1) is 10.2. The second-order valence-corrected chi connectivity index (χ2v) is 7.61. The molecule has 0 aliphatic rings. The van der Waals surface area contributed by atoms with Crippen molar-refractivity contribution < 1.29 is 4.79 Å². The van der Waals surface area contributed by atoms with Crippen LogP contribution in [0.2, 0.25) is 5.02 Å². The molecular weight excluding hydrogens is 388 g/mol. The van der Waals surface area contributed by atoms with Gasteiger partial charge in [-0.25, -0.2) is 0 Å². The number of carbonyl (C=O) groups excluding carboxylic acids is 1. The largest absolute Gasteiger partial charge is 0.339 e. The summed E-state index contributed by atoms with van der Waals surface area (Å²) in [6, 6.07) is 6.97. The zero-order valence-corrected chi connectivity index (χ0v) is 15.5. The molecule has 0 spiro atoms. The van der Waals surface area contributed by atoms with Gasteiger partial charge < -0.3 is 16.0 Å². The molecule has 1 aromatic rings. The van der Waals surface area contributed by atoms with E-state index in [4.69, 9.17) is 58.6 Å². The third kappa shape index (κ3) is 7.20. The van der Waals surface area contributed by atoms with Gasteiger partial charge in [0.2, 0.25) is 9.70 Å². The average molecular weight is 403 g/mol. The summed E-state index contributed by atoms with van der Waals surface area (Å²) in [5.74, 6) is -0.239. The van der Waals surface area contributed by atoms with Crippen LogP contribution in [-0.2, 0) is 4.79 Å². The first-order valence-electron chi connectivity index (χ1n) is 6.41. The molecule has 0 aliphatic heterocycles. The van der Waals surface area contributed by atoms with Gasteiger partial charge in [-0.15, -0.1) is 0 Å². The highest BCUT2D eigenvalue weighted by atomic mass is 35.6. The Hall–Kier alpha value is -0.460. The number of thiocarbonyl (C=S) groups is 1. The molecule has 0 aliphatic carbocycles. The van der Waals surface area contributed by atoms with Crippen molar-refractivity contribution in [1.82, 2.24) is 10.6 Å². The molecule has 0 saturated carbocycles. The second-order valence-electron chi connectivity index (χ2n) is 4.40. The molecule has 0 bridgehead atoms. The van der Waals surface area contributed by atoms with Gasteiger partial charge in [0, 0.05) is 17.1 Å². The van der Waals surface area contributed by atoms with Crippen LogP contribution >= 0.6 is 58.6 Å². The van der Waals surface area contributed by atoms with E-state index in [-0.39, 0.29) is 11.0 Å². The summed E-state index contributed by atoms with van der Waals surface area (Å²) in [4.78, 5) is 11.7. The van der Waals surface area contributed by atoms with Crippen LogP contribution in [0.3, 0.4) is 0 Å². The second kappa shape index (κ2) is 8.99. The summed E-state index contributed by atoms with van der Waals surface area (Å²) < 4.78 is -1.76. The molecule has 1 amide bonds. The minimum absolute atomic E-state index is 0.190. The first-order valence-corrected chi connectivity index (χ1v) is 8.33. The predicted octanol–water partition coefficient (Wildman–Crippen LogP) is 4.24. The van der Waals surface area contributed by atoms with Gasteiger partial charge in [-0.2, -0.15) is 0 Å². The normalized spacial score (nSPS) is 12.4. The van der Waals surface area contributed by atoms with Gasteiger partial charge in [0.25, 0.3) is 0 Å². The Balaban J connectivity index is 2.68. The first kappa shape index (κ1) is 19.6. The Morgan fingerprint density at radius 1 is 1.32 bits per heavy atom. The van der Waals surface area contributed by atoms with E-state index in [0.717, 1.165) is 0 Å². The molecule has 122 valence electrons. The fourth-order valence-corrected chi connectivity index (χ4v) is 2.28. The molecule has 0 unspecified atom stereocenters. The Morgan fingerprint density at radius 2 is 2.00 bits per heavy atom. The lowest BCUT2D eigenvalue weighted by atomic mass is 10.3. The molecule has 3 N–H and O–H groups in total. The lowest BCUT2D eigenvalue weighted by Gasteiger charge is -2.27. The molecule has 1 atom stereocenters. The number of hydrogen-bond acceptors (Lipinski definition) is 2. The Morgan fingerprint density at radius 3 is 2.55 bits per heavy atom. The summed E-state index contributed by atoms with van der Waals surface area (Å²) in [6.45, 7) is 1.88. The Bertz CT molecular complexity index is 536. The summed E-state index contributed by atoms with van der Waals surface area (Å²) in [5.41, 5.74) is 0.674. The van der Waals surface area contributed by atoms with Crippen LogP contribution in [0.25, 0.3) is 0 Å². The highest BCUT2D eigenvalue weighted by molar-refractivity contribution is 7.80. The van der Waals surface area contributed by atoms with Gasteiger partial charge in [0.05, 0.1) is 0 Å². The van der Waals surface area contributed by atoms with Crippen LogP contribution in [0.1, 0.15) is 19.8 Å². The topological polar surface area (TPSA) is 53.2 Å². The van der Waals surface area contributed by atoms with Crippen molar-refractivity contribution in [3.8, 4) is 0 Å². The predicted molar refractivity (Wildman–Crippen MR) is 97.9 cm³/mol. The summed E-state index contributed by atoms with van der Waals surface area (Å²) in [6.07, 6.45) is 0.0487. The third-order valence-electron chi connectivity index (χ3n) is 2.47. The van der Waals surface area contributed by atoms with Crippen molar-refractivity contribution >= 4 is 75.3 Å². The molecule has 0 aromatic heterocycles. The molecule has 0 fully saturated rings. The average Bonchev–Trinajstić information content (AvgIpc) is 2.37. The van der Waals surface area contributed by atoms with Crippen LogP contribution in [0.4, 0.5) is 5.69 Å². The van der Waals surface area contributed by atoms with E-state index in [9.17, 15) is 4.79 Å². The quantitative estimate of drug-likeness (QED) is 0.391. The van der Waals surface area contributed by atoms with Gasteiger partial charge in [-0.05, 0) is 36.8 Å². The number of hydrogen-bond donors (Lipinski definition) is 3. The molecule has 22 heavy (non-hydrogen) atoms. The van der Waals surface area contributed by atoms with Crippen LogP contribution in [-0.4, -0.2) is 21.0 Å². The van der Waals surface area contributed by atoms with E-state index in [1.807, 2.05) is 6.92 Å². The standard InChI is InChI=1S/C13H15Cl4N3OS/c1-2-4-10(21)19-11(13(15,16)17)20-12(22)18-9-6-3-5-8(14)7-9/h3,5-7,11H,2,4H2,1H3,(H,19,21)(H2,18,20,22)/t11-/m1/s1. The maximum absolute atomic E-state index is 11.7. The SMILES string of the molecule is CCCC(=O)N[C@H](NC(=S)Nc1cccc(Cl)c1)C(Cl)(Cl)Cl. The Labute approximate surface area is 154 Å². The molecule has 1 aromatic carbocycles. The molecular formula is C13H15Cl4N3OS. The van der Waals surface area contributed by atoms with E-state index < -0.39 is 9.96 Å². The number of rotatable bonds is 5. The zero-order chi connectivity index (χ0) is 16.8. The number of alkyl halides is 3. The highest BCUT2D eigenvalue weighted by Gasteiger charge is 2.34. The van der Waals surface area contributed by atoms with Crippen molar-refractivity contribution in [2.24, 2.45) is 0 Å². The number of nitrogens with one attached hydrogen (secondary N) is 3. The van der Waals surface area contributed by atoms with Crippen molar-refractivity contribution in [1.29, 1.82) is 0 Å². The fraction of sp³-hybridized carbons (Fsp3) is 0.385. The number of amides is 1. The van der Waals surface area contributed by atoms with Gasteiger partial charge in [-0.1, -0.05) is 59.4 Å². The monoisotopic (exact) mass is 401 g/mol. The Kier molecular flexibility index (Phi) is 8.00. The molecule has 0 heterocycles.